The minimum Gasteiger partial charge on any atom is -0.480 e. The van der Waals surface area contributed by atoms with Gasteiger partial charge in [-0.2, -0.15) is 0 Å². The van der Waals surface area contributed by atoms with Crippen molar-refractivity contribution in [3.8, 4) is 0 Å². The molecule has 19 nitrogen and oxygen atoms in total. The summed E-state index contributed by atoms with van der Waals surface area (Å²) in [4.78, 5) is 92.4. The van der Waals surface area contributed by atoms with Crippen LogP contribution in [0.5, 0.6) is 0 Å². The van der Waals surface area contributed by atoms with E-state index >= 15 is 0 Å². The van der Waals surface area contributed by atoms with Gasteiger partial charge in [-0.3, -0.25) is 25.0 Å². The van der Waals surface area contributed by atoms with E-state index in [1.807, 2.05) is 30.3 Å². The van der Waals surface area contributed by atoms with Crippen LogP contribution in [0, 0.1) is 10.1 Å². The van der Waals surface area contributed by atoms with E-state index in [2.05, 4.69) is 10.6 Å². The molecule has 1 fully saturated rings. The third-order valence-corrected chi connectivity index (χ3v) is 9.22. The van der Waals surface area contributed by atoms with E-state index in [0.717, 1.165) is 5.56 Å². The van der Waals surface area contributed by atoms with Crippen LogP contribution in [0.2, 0.25) is 0 Å². The molecule has 0 saturated carbocycles. The number of carbonyl (C=O) groups is 7. The molecule has 1 unspecified atom stereocenters. The van der Waals surface area contributed by atoms with Gasteiger partial charge in [0.1, 0.15) is 12.1 Å². The molecule has 1 saturated heterocycles. The maximum Gasteiger partial charge on any atom is 0.336 e. The van der Waals surface area contributed by atoms with Gasteiger partial charge in [0.05, 0.1) is 48.4 Å². The number of amides is 1. The molecule has 2 aromatic carbocycles. The van der Waals surface area contributed by atoms with Gasteiger partial charge in [0, 0.05) is 42.2 Å². The highest BCUT2D eigenvalue weighted by Gasteiger charge is 2.39. The highest BCUT2D eigenvalue weighted by Crippen LogP contribution is 2.40. The van der Waals surface area contributed by atoms with Crippen LogP contribution in [0.4, 0.5) is 5.69 Å². The number of methoxy groups -OCH3 is 1. The summed E-state index contributed by atoms with van der Waals surface area (Å²) in [7, 11) is 1.24. The summed E-state index contributed by atoms with van der Waals surface area (Å²) in [5.74, 6) is -6.25. The molecule has 61 heavy (non-hydrogen) atoms. The zero-order chi connectivity index (χ0) is 45.8. The molecule has 1 amide bonds. The van der Waals surface area contributed by atoms with Gasteiger partial charge in [-0.25, -0.2) is 24.0 Å². The summed E-state index contributed by atoms with van der Waals surface area (Å²) < 4.78 is 15.1. The Kier molecular flexibility index (Phi) is 20.5. The Morgan fingerprint density at radius 1 is 0.902 bits per heavy atom. The minimum absolute atomic E-state index is 0.135. The lowest BCUT2D eigenvalue weighted by Gasteiger charge is -2.30. The third kappa shape index (κ3) is 15.3. The van der Waals surface area contributed by atoms with E-state index in [-0.39, 0.29) is 36.0 Å². The average molecular weight is 853 g/mol. The number of nitro groups is 1. The smallest absolute Gasteiger partial charge is 0.336 e. The monoisotopic (exact) mass is 852 g/mol. The van der Waals surface area contributed by atoms with Crippen LogP contribution in [0.15, 0.2) is 89.3 Å². The number of allylic oxidation sites excluding steroid dienone is 2. The van der Waals surface area contributed by atoms with Crippen molar-refractivity contribution in [3.63, 3.8) is 0 Å². The summed E-state index contributed by atoms with van der Waals surface area (Å²) in [6.07, 6.45) is 3.40. The van der Waals surface area contributed by atoms with E-state index in [9.17, 15) is 48.8 Å². The number of carbonyl (C=O) groups excluding carboxylic acids is 4. The van der Waals surface area contributed by atoms with Crippen molar-refractivity contribution in [1.82, 2.24) is 15.5 Å². The van der Waals surface area contributed by atoms with Crippen LogP contribution < -0.4 is 10.6 Å². The second-order valence-electron chi connectivity index (χ2n) is 13.5. The van der Waals surface area contributed by atoms with Crippen LogP contribution in [-0.2, 0) is 54.2 Å². The number of nitro benzene ring substituents is 1. The third-order valence-electron chi connectivity index (χ3n) is 9.22. The first-order valence-corrected chi connectivity index (χ1v) is 19.2. The van der Waals surface area contributed by atoms with Gasteiger partial charge in [0.2, 0.25) is 5.91 Å². The summed E-state index contributed by atoms with van der Waals surface area (Å²) in [5, 5.41) is 42.1. The number of aliphatic carboxylic acids is 3. The molecule has 19 heteroatoms. The normalized spacial score (nSPS) is 16.7. The fraction of sp³-hybridized carbons (Fsp3) is 0.405. The number of hydrogen-bond acceptors (Lipinski definition) is 14. The second kappa shape index (κ2) is 24.9. The van der Waals surface area contributed by atoms with Gasteiger partial charge >= 0.3 is 35.8 Å². The zero-order valence-electron chi connectivity index (χ0n) is 34.7. The van der Waals surface area contributed by atoms with Gasteiger partial charge in [-0.05, 0) is 71.4 Å². The number of nitrogens with zero attached hydrogens (tertiary/aromatic N) is 2. The summed E-state index contributed by atoms with van der Waals surface area (Å²) in [6.45, 7) is 9.29. The van der Waals surface area contributed by atoms with Gasteiger partial charge in [0.15, 0.2) is 0 Å². The topological polar surface area (TPSA) is 278 Å². The molecule has 0 radical (unpaired) electrons. The lowest BCUT2D eigenvalue weighted by Crippen LogP contribution is -2.53. The Bertz CT molecular complexity index is 2000. The van der Waals surface area contributed by atoms with Gasteiger partial charge in [-0.1, -0.05) is 42.5 Å². The van der Waals surface area contributed by atoms with Crippen LogP contribution in [0.1, 0.15) is 70.9 Å². The number of carboxylic acid groups (broad SMARTS) is 3. The molecule has 2 heterocycles. The lowest BCUT2D eigenvalue weighted by atomic mass is 9.80. The number of dihydropyridines is 1. The van der Waals surface area contributed by atoms with Gasteiger partial charge in [0.25, 0.3) is 5.69 Å². The maximum absolute atomic E-state index is 12.7. The Labute approximate surface area is 352 Å². The number of esters is 3. The van der Waals surface area contributed by atoms with Crippen molar-refractivity contribution in [2.75, 3.05) is 26.9 Å². The maximum atomic E-state index is 12.7. The average Bonchev–Trinajstić information content (AvgIpc) is 3.72. The molecule has 5 N–H and O–H groups in total. The fourth-order valence-corrected chi connectivity index (χ4v) is 6.52. The number of likely N-dealkylation sites (tertiary alicyclic amines) is 1. The summed E-state index contributed by atoms with van der Waals surface area (Å²) in [6, 6.07) is 13.5. The predicted octanol–water partition coefficient (Wildman–Crippen LogP) is 3.88. The predicted molar refractivity (Wildman–Crippen MR) is 218 cm³/mol. The number of non-ortho nitro benzene ring substituents is 1. The molecule has 0 aliphatic carbocycles. The number of rotatable bonds is 16. The molecule has 0 bridgehead atoms. The molecule has 0 aromatic heterocycles. The van der Waals surface area contributed by atoms with E-state index in [1.54, 1.807) is 40.7 Å². The molecule has 2 aliphatic heterocycles. The molecule has 2 aliphatic rings. The van der Waals surface area contributed by atoms with Gasteiger partial charge in [-0.15, -0.1) is 0 Å². The second-order valence-corrected chi connectivity index (χ2v) is 13.5. The van der Waals surface area contributed by atoms with E-state index in [0.29, 0.717) is 61.3 Å². The zero-order valence-corrected chi connectivity index (χ0v) is 34.7. The number of carboxylic acids is 3. The molecule has 4 atom stereocenters. The largest absolute Gasteiger partial charge is 0.480 e. The molecule has 4 rings (SSSR count). The summed E-state index contributed by atoms with van der Waals surface area (Å²) >= 11 is 0. The Morgan fingerprint density at radius 3 is 2.02 bits per heavy atom. The molecular formula is C42H52N4O15. The fourth-order valence-electron chi connectivity index (χ4n) is 6.52. The lowest BCUT2D eigenvalue weighted by molar-refractivity contribution is -0.384. The number of benzene rings is 2. The molecular weight excluding hydrogens is 800 g/mol. The highest BCUT2D eigenvalue weighted by molar-refractivity contribution is 6.00. The van der Waals surface area contributed by atoms with E-state index in [4.69, 9.17) is 24.4 Å². The van der Waals surface area contributed by atoms with E-state index < -0.39 is 64.8 Å². The number of hydrogen-bond donors (Lipinski definition) is 5. The Hall–Kier alpha value is -6.89. The summed E-state index contributed by atoms with van der Waals surface area (Å²) in [5.41, 5.74) is 2.86. The number of ether oxygens (including phenoxy) is 3. The van der Waals surface area contributed by atoms with Crippen LogP contribution in [-0.4, -0.2) is 112 Å². The quantitative estimate of drug-likeness (QED) is 0.0527. The van der Waals surface area contributed by atoms with Crippen LogP contribution >= 0.6 is 0 Å². The number of nitrogens with one attached hydrogen (secondary N) is 2. The van der Waals surface area contributed by atoms with Crippen LogP contribution in [0.3, 0.4) is 0 Å². The SMILES string of the molecule is CCOC(=O)C1=C(C)NC(C)=C(C(=O)OC)C1c1cccc([N+](=O)[O-])c1.CCOC(=O)[C@H](CCc1ccccc1)N[C@@H](C)C(=O)N1CCC[C@H]1C(=O)O.O=C(O)/C=C\C(=O)O. The Balaban J connectivity index is 0.000000357. The minimum atomic E-state index is -1.26. The first kappa shape index (κ1) is 50.3. The van der Waals surface area contributed by atoms with Crippen molar-refractivity contribution < 1.29 is 68.0 Å². The highest BCUT2D eigenvalue weighted by atomic mass is 16.6. The van der Waals surface area contributed by atoms with Crippen molar-refractivity contribution in [2.45, 2.75) is 84.3 Å². The van der Waals surface area contributed by atoms with E-state index in [1.165, 1.54) is 30.2 Å². The van der Waals surface area contributed by atoms with Crippen molar-refractivity contribution in [1.29, 1.82) is 0 Å². The van der Waals surface area contributed by atoms with Gasteiger partial charge < -0.3 is 39.7 Å². The first-order chi connectivity index (χ1) is 28.9. The standard InChI is InChI=1S/C20H28N2O5.C18H20N2O6.C4H4O4/c1-3-27-20(26)16(12-11-15-8-5-4-6-9-15)21-14(2)18(23)22-13-7-10-17(22)19(24)25;1-5-26-18(22)15-11(3)19-10(2)14(17(21)25-4)16(15)12-7-6-8-13(9-12)20(23)24;5-3(6)1-2-4(7)8/h4-6,8-9,14,16-17,21H,3,7,10-13H2,1-2H3,(H,24,25);6-9,16,19H,5H2,1-4H3;1-2H,(H,5,6)(H,7,8)/b;;2-1-/t14-,16-,17-;;/m0../s1. The first-order valence-electron chi connectivity index (χ1n) is 19.2. The molecule has 0 spiro atoms. The van der Waals surface area contributed by atoms with Crippen molar-refractivity contribution >= 4 is 47.4 Å². The van der Waals surface area contributed by atoms with Crippen LogP contribution in [0.25, 0.3) is 0 Å². The number of aryl methyl sites for hydroxylation is 1. The van der Waals surface area contributed by atoms with Crippen molar-refractivity contribution in [3.05, 3.63) is 111 Å². The van der Waals surface area contributed by atoms with Crippen molar-refractivity contribution in [2.24, 2.45) is 0 Å². The molecule has 330 valence electrons. The Morgan fingerprint density at radius 2 is 1.49 bits per heavy atom. The molecule has 2 aromatic rings.